The van der Waals surface area contributed by atoms with Crippen LogP contribution in [0.25, 0.3) is 22.4 Å². The van der Waals surface area contributed by atoms with Crippen molar-refractivity contribution in [1.29, 1.82) is 0 Å². The minimum atomic E-state index is -2.34. The van der Waals surface area contributed by atoms with Crippen LogP contribution in [0, 0.1) is 29.2 Å². The van der Waals surface area contributed by atoms with Gasteiger partial charge in [-0.1, -0.05) is 13.8 Å². The maximum Gasteiger partial charge on any atom is 0.159 e. The zero-order chi connectivity index (χ0) is 24.4. The van der Waals surface area contributed by atoms with Gasteiger partial charge in [-0.05, 0) is 53.9 Å². The normalized spacial score (nSPS) is 12.2. The van der Waals surface area contributed by atoms with Crippen molar-refractivity contribution < 1.29 is 21.8 Å². The van der Waals surface area contributed by atoms with Crippen LogP contribution in [-0.2, 0) is 17.5 Å². The number of rotatable bonds is 7. The molecule has 10 heteroatoms. The Balaban J connectivity index is 1.80. The van der Waals surface area contributed by atoms with Gasteiger partial charge < -0.3 is 0 Å². The highest BCUT2D eigenvalue weighted by molar-refractivity contribution is 7.86. The van der Waals surface area contributed by atoms with Gasteiger partial charge in [0.2, 0.25) is 0 Å². The molecule has 0 fully saturated rings. The second-order valence-corrected chi connectivity index (χ2v) is 9.15. The van der Waals surface area contributed by atoms with E-state index in [1.54, 1.807) is 35.4 Å². The molecule has 4 rings (SSSR count). The highest BCUT2D eigenvalue weighted by Gasteiger charge is 2.24. The molecule has 0 saturated heterocycles. The van der Waals surface area contributed by atoms with Crippen LogP contribution in [0.1, 0.15) is 13.8 Å². The molecule has 176 valence electrons. The summed E-state index contributed by atoms with van der Waals surface area (Å²) in [6.45, 7) is 4.49. The van der Waals surface area contributed by atoms with E-state index in [9.17, 15) is 17.4 Å². The number of nitrogens with zero attached hydrogens (tertiary/aromatic N) is 3. The van der Waals surface area contributed by atoms with E-state index in [0.717, 1.165) is 30.3 Å². The summed E-state index contributed by atoms with van der Waals surface area (Å²) in [4.78, 5) is 3.48. The summed E-state index contributed by atoms with van der Waals surface area (Å²) < 4.78 is 74.5. The van der Waals surface area contributed by atoms with Crippen LogP contribution in [0.5, 0.6) is 0 Å². The van der Waals surface area contributed by atoms with E-state index >= 15 is 4.39 Å². The van der Waals surface area contributed by atoms with Gasteiger partial charge in [0.15, 0.2) is 16.8 Å². The predicted octanol–water partition coefficient (Wildman–Crippen LogP) is 5.96. The van der Waals surface area contributed by atoms with Crippen molar-refractivity contribution in [2.45, 2.75) is 25.3 Å². The van der Waals surface area contributed by atoms with Gasteiger partial charge in [-0.15, -0.1) is 0 Å². The second kappa shape index (κ2) is 9.76. The molecule has 34 heavy (non-hydrogen) atoms. The molecule has 0 aliphatic heterocycles. The predicted molar refractivity (Wildman–Crippen MR) is 122 cm³/mol. The van der Waals surface area contributed by atoms with Crippen LogP contribution in [0.15, 0.2) is 66.0 Å². The minimum absolute atomic E-state index is 0.0493. The number of aromatic nitrogens is 3. The van der Waals surface area contributed by atoms with E-state index < -0.39 is 44.7 Å². The lowest BCUT2D eigenvalue weighted by atomic mass is 10.0. The maximum atomic E-state index is 15.6. The number of halogens is 4. The van der Waals surface area contributed by atoms with E-state index in [-0.39, 0.29) is 17.3 Å². The van der Waals surface area contributed by atoms with Crippen LogP contribution in [0.4, 0.5) is 23.2 Å². The molecular formula is C24H20F4N4OS. The van der Waals surface area contributed by atoms with Gasteiger partial charge >= 0.3 is 0 Å². The largest absolute Gasteiger partial charge is 0.298 e. The summed E-state index contributed by atoms with van der Waals surface area (Å²) >= 11 is 0. The number of pyridine rings is 1. The summed E-state index contributed by atoms with van der Waals surface area (Å²) in [5, 5.41) is 4.43. The van der Waals surface area contributed by atoms with Crippen molar-refractivity contribution >= 4 is 16.7 Å². The molecule has 0 spiro atoms. The molecule has 4 aromatic rings. The molecule has 0 radical (unpaired) electrons. The molecule has 0 amide bonds. The van der Waals surface area contributed by atoms with Crippen LogP contribution in [-0.4, -0.2) is 19.0 Å². The van der Waals surface area contributed by atoms with Crippen molar-refractivity contribution in [3.63, 3.8) is 0 Å². The van der Waals surface area contributed by atoms with Gasteiger partial charge in [-0.2, -0.15) is 5.10 Å². The van der Waals surface area contributed by atoms with E-state index in [0.29, 0.717) is 17.7 Å². The fraction of sp³-hybridized carbons (Fsp3) is 0.167. The summed E-state index contributed by atoms with van der Waals surface area (Å²) in [5.74, 6) is -3.44. The maximum absolute atomic E-state index is 15.6. The van der Waals surface area contributed by atoms with E-state index in [2.05, 4.69) is 14.8 Å². The summed E-state index contributed by atoms with van der Waals surface area (Å²) in [7, 11) is -2.34. The van der Waals surface area contributed by atoms with E-state index in [1.807, 2.05) is 13.8 Å². The molecule has 2 aromatic carbocycles. The average molecular weight is 489 g/mol. The third-order valence-electron chi connectivity index (χ3n) is 4.93. The fourth-order valence-electron chi connectivity index (χ4n) is 3.44. The third-order valence-corrected chi connectivity index (χ3v) is 6.05. The topological polar surface area (TPSA) is 59.8 Å². The molecule has 2 heterocycles. The highest BCUT2D eigenvalue weighted by atomic mass is 32.2. The number of nitrogens with one attached hydrogen (secondary N) is 1. The average Bonchev–Trinajstić information content (AvgIpc) is 3.20. The first-order valence-electron chi connectivity index (χ1n) is 10.3. The van der Waals surface area contributed by atoms with Crippen molar-refractivity contribution in [1.82, 2.24) is 14.8 Å². The molecule has 0 aliphatic carbocycles. The lowest BCUT2D eigenvalue weighted by molar-refractivity contribution is 0.483. The molecule has 0 bridgehead atoms. The SMILES string of the molecule is CC(C)Cn1cc(-c2ccncc2)c(-c2c(F)ccc(NS(=O)c3cc(F)ccc3F)c2F)n1. The zero-order valence-corrected chi connectivity index (χ0v) is 19.0. The van der Waals surface area contributed by atoms with Gasteiger partial charge in [0.05, 0.1) is 16.1 Å². The Bertz CT molecular complexity index is 1360. The van der Waals surface area contributed by atoms with Crippen LogP contribution in [0.3, 0.4) is 0 Å². The number of benzene rings is 2. The Labute approximate surface area is 196 Å². The first-order chi connectivity index (χ1) is 16.2. The standard InChI is InChI=1S/C24H20F4N4OS/c1-14(2)12-32-13-17(15-7-9-29-10-8-15)24(30-32)22-19(27)5-6-20(23(22)28)31-34(33)21-11-16(25)3-4-18(21)26/h3-11,13-14,31H,12H2,1-2H3. The second-order valence-electron chi connectivity index (χ2n) is 7.97. The van der Waals surface area contributed by atoms with Crippen molar-refractivity contribution in [3.8, 4) is 22.4 Å². The molecule has 5 nitrogen and oxygen atoms in total. The van der Waals surface area contributed by atoms with Gasteiger partial charge in [0.1, 0.15) is 23.1 Å². The summed E-state index contributed by atoms with van der Waals surface area (Å²) in [6.07, 6.45) is 4.81. The monoisotopic (exact) mass is 488 g/mol. The smallest absolute Gasteiger partial charge is 0.159 e. The van der Waals surface area contributed by atoms with Crippen LogP contribution < -0.4 is 4.72 Å². The molecule has 1 atom stereocenters. The fourth-order valence-corrected chi connectivity index (χ4v) is 4.37. The molecule has 0 aliphatic rings. The van der Waals surface area contributed by atoms with Crippen molar-refractivity contribution in [2.24, 2.45) is 5.92 Å². The molecule has 1 N–H and O–H groups in total. The van der Waals surface area contributed by atoms with Gasteiger partial charge in [0, 0.05) is 30.7 Å². The Morgan fingerprint density at radius 1 is 1.00 bits per heavy atom. The molecule has 0 saturated carbocycles. The van der Waals surface area contributed by atoms with E-state index in [1.165, 1.54) is 0 Å². The minimum Gasteiger partial charge on any atom is -0.298 e. The van der Waals surface area contributed by atoms with Crippen molar-refractivity contribution in [2.75, 3.05) is 4.72 Å². The third kappa shape index (κ3) is 4.86. The number of hydrogen-bond donors (Lipinski definition) is 1. The Morgan fingerprint density at radius 3 is 2.41 bits per heavy atom. The van der Waals surface area contributed by atoms with Gasteiger partial charge in [0.25, 0.3) is 0 Å². The Hall–Kier alpha value is -3.53. The number of hydrogen-bond acceptors (Lipinski definition) is 3. The summed E-state index contributed by atoms with van der Waals surface area (Å²) in [6, 6.07) is 7.87. The first-order valence-corrected chi connectivity index (χ1v) is 11.5. The van der Waals surface area contributed by atoms with Crippen LogP contribution >= 0.6 is 0 Å². The number of anilines is 1. The van der Waals surface area contributed by atoms with Gasteiger partial charge in [-0.25, -0.2) is 21.8 Å². The molecular weight excluding hydrogens is 468 g/mol. The first kappa shape index (κ1) is 23.6. The Kier molecular flexibility index (Phi) is 6.78. The lowest BCUT2D eigenvalue weighted by Crippen LogP contribution is -2.10. The quantitative estimate of drug-likeness (QED) is 0.327. The summed E-state index contributed by atoms with van der Waals surface area (Å²) in [5.41, 5.74) is 0.402. The zero-order valence-electron chi connectivity index (χ0n) is 18.2. The van der Waals surface area contributed by atoms with Gasteiger partial charge in [-0.3, -0.25) is 14.4 Å². The van der Waals surface area contributed by atoms with Crippen LogP contribution in [0.2, 0.25) is 0 Å². The highest BCUT2D eigenvalue weighted by Crippen LogP contribution is 2.37. The van der Waals surface area contributed by atoms with Crippen molar-refractivity contribution in [3.05, 3.63) is 84.3 Å². The Morgan fingerprint density at radius 2 is 1.71 bits per heavy atom. The molecule has 1 unspecified atom stereocenters. The lowest BCUT2D eigenvalue weighted by Gasteiger charge is -2.12. The van der Waals surface area contributed by atoms with E-state index in [4.69, 9.17) is 0 Å². The molecule has 2 aromatic heterocycles.